The van der Waals surface area contributed by atoms with Gasteiger partial charge >= 0.3 is 0 Å². The Morgan fingerprint density at radius 3 is 2.71 bits per heavy atom. The third-order valence-corrected chi connectivity index (χ3v) is 5.89. The molecule has 0 radical (unpaired) electrons. The number of methoxy groups -OCH3 is 1. The van der Waals surface area contributed by atoms with Gasteiger partial charge in [-0.1, -0.05) is 12.1 Å². The molecule has 0 N–H and O–H groups in total. The van der Waals surface area contributed by atoms with Crippen LogP contribution < -0.4 is 9.47 Å². The van der Waals surface area contributed by atoms with Gasteiger partial charge in [-0.3, -0.25) is 4.98 Å². The number of ether oxygens (including phenoxy) is 2. The Morgan fingerprint density at radius 1 is 1.21 bits per heavy atom. The maximum atomic E-state index is 12.8. The smallest absolute Gasteiger partial charge is 0.246 e. The summed E-state index contributed by atoms with van der Waals surface area (Å²) < 4.78 is 38.1. The number of para-hydroxylation sites is 1. The number of rotatable bonds is 5. The lowest BCUT2D eigenvalue weighted by atomic mass is 10.3. The summed E-state index contributed by atoms with van der Waals surface area (Å²) in [6.45, 7) is 2.64. The van der Waals surface area contributed by atoms with E-state index in [2.05, 4.69) is 4.98 Å². The number of aromatic nitrogens is 1. The van der Waals surface area contributed by atoms with Crippen LogP contribution in [0, 0.1) is 6.92 Å². The molecule has 24 heavy (non-hydrogen) atoms. The fraction of sp³-hybridized carbons (Fsp3) is 0.353. The second-order valence-corrected chi connectivity index (χ2v) is 7.58. The first-order valence-electron chi connectivity index (χ1n) is 7.73. The molecule has 2 heterocycles. The summed E-state index contributed by atoms with van der Waals surface area (Å²) in [6, 6.07) is 10.4. The lowest BCUT2D eigenvalue weighted by molar-refractivity contribution is 0.214. The van der Waals surface area contributed by atoms with E-state index in [-0.39, 0.29) is 11.0 Å². The van der Waals surface area contributed by atoms with E-state index in [0.29, 0.717) is 31.0 Å². The average molecular weight is 348 g/mol. The average Bonchev–Trinajstić information content (AvgIpc) is 3.06. The van der Waals surface area contributed by atoms with Crippen LogP contribution in [0.2, 0.25) is 0 Å². The molecule has 0 aliphatic carbocycles. The number of nitrogens with zero attached hydrogens (tertiary/aromatic N) is 2. The van der Waals surface area contributed by atoms with Crippen molar-refractivity contribution < 1.29 is 17.9 Å². The summed E-state index contributed by atoms with van der Waals surface area (Å²) in [5, 5.41) is 0. The van der Waals surface area contributed by atoms with Crippen molar-refractivity contribution in [2.45, 2.75) is 24.3 Å². The van der Waals surface area contributed by atoms with E-state index in [4.69, 9.17) is 9.47 Å². The molecule has 0 amide bonds. The van der Waals surface area contributed by atoms with E-state index in [1.807, 2.05) is 19.1 Å². The third kappa shape index (κ3) is 3.37. The molecular formula is C17H20N2O4S. The number of benzene rings is 1. The minimum Gasteiger partial charge on any atom is -0.495 e. The minimum atomic E-state index is -3.60. The van der Waals surface area contributed by atoms with E-state index in [1.165, 1.54) is 11.4 Å². The van der Waals surface area contributed by atoms with Crippen molar-refractivity contribution in [2.75, 3.05) is 20.2 Å². The summed E-state index contributed by atoms with van der Waals surface area (Å²) in [4.78, 5) is 4.37. The molecule has 2 aromatic rings. The largest absolute Gasteiger partial charge is 0.495 e. The Bertz CT molecular complexity index is 806. The maximum Gasteiger partial charge on any atom is 0.246 e. The number of pyridine rings is 1. The normalized spacial score (nSPS) is 18.5. The predicted molar refractivity (Wildman–Crippen MR) is 89.8 cm³/mol. The van der Waals surface area contributed by atoms with Crippen molar-refractivity contribution in [3.63, 3.8) is 0 Å². The highest BCUT2D eigenvalue weighted by Gasteiger charge is 2.35. The van der Waals surface area contributed by atoms with Gasteiger partial charge in [0.05, 0.1) is 19.9 Å². The number of hydrogen-bond acceptors (Lipinski definition) is 5. The van der Waals surface area contributed by atoms with Crippen LogP contribution in [0.1, 0.15) is 12.1 Å². The van der Waals surface area contributed by atoms with E-state index in [0.717, 1.165) is 5.69 Å². The van der Waals surface area contributed by atoms with Crippen molar-refractivity contribution >= 4 is 10.0 Å². The second-order valence-electron chi connectivity index (χ2n) is 5.68. The molecular weight excluding hydrogens is 328 g/mol. The molecule has 1 aliphatic heterocycles. The molecule has 1 aliphatic rings. The van der Waals surface area contributed by atoms with Crippen LogP contribution in [0.4, 0.5) is 0 Å². The van der Waals surface area contributed by atoms with Crippen LogP contribution in [0.25, 0.3) is 0 Å². The zero-order valence-electron chi connectivity index (χ0n) is 13.7. The summed E-state index contributed by atoms with van der Waals surface area (Å²) in [5.74, 6) is 1.01. The van der Waals surface area contributed by atoms with E-state index in [9.17, 15) is 8.42 Å². The standard InChI is InChI=1S/C17H20N2O4S/c1-13-7-8-14(11-18-13)23-15-9-10-19(12-15)24(20,21)17-6-4-3-5-16(17)22-2/h3-8,11,15H,9-10,12H2,1-2H3/t15-/m1/s1. The number of aryl methyl sites for hydroxylation is 1. The van der Waals surface area contributed by atoms with Crippen molar-refractivity contribution in [1.82, 2.24) is 9.29 Å². The van der Waals surface area contributed by atoms with Crippen LogP contribution >= 0.6 is 0 Å². The van der Waals surface area contributed by atoms with Gasteiger partial charge in [0.1, 0.15) is 22.5 Å². The van der Waals surface area contributed by atoms with Crippen molar-refractivity contribution in [1.29, 1.82) is 0 Å². The van der Waals surface area contributed by atoms with Gasteiger partial charge in [0.2, 0.25) is 10.0 Å². The van der Waals surface area contributed by atoms with Gasteiger partial charge < -0.3 is 9.47 Å². The summed E-state index contributed by atoms with van der Waals surface area (Å²) in [7, 11) is -2.13. The molecule has 1 fully saturated rings. The SMILES string of the molecule is COc1ccccc1S(=O)(=O)N1CC[C@@H](Oc2ccc(C)nc2)C1. The van der Waals surface area contributed by atoms with Gasteiger partial charge in [-0.15, -0.1) is 0 Å². The predicted octanol–water partition coefficient (Wildman–Crippen LogP) is 2.24. The monoisotopic (exact) mass is 348 g/mol. The van der Waals surface area contributed by atoms with E-state index in [1.54, 1.807) is 30.5 Å². The minimum absolute atomic E-state index is 0.181. The lowest BCUT2D eigenvalue weighted by Crippen LogP contribution is -2.31. The topological polar surface area (TPSA) is 68.7 Å². The number of sulfonamides is 1. The zero-order valence-corrected chi connectivity index (χ0v) is 14.5. The first-order valence-corrected chi connectivity index (χ1v) is 9.17. The van der Waals surface area contributed by atoms with Crippen LogP contribution in [0.5, 0.6) is 11.5 Å². The molecule has 0 spiro atoms. The van der Waals surface area contributed by atoms with Crippen LogP contribution in [-0.2, 0) is 10.0 Å². The molecule has 0 unspecified atom stereocenters. The van der Waals surface area contributed by atoms with Crippen molar-refractivity contribution in [3.8, 4) is 11.5 Å². The molecule has 1 aromatic heterocycles. The lowest BCUT2D eigenvalue weighted by Gasteiger charge is -2.18. The molecule has 1 saturated heterocycles. The highest BCUT2D eigenvalue weighted by molar-refractivity contribution is 7.89. The Balaban J connectivity index is 1.73. The van der Waals surface area contributed by atoms with E-state index < -0.39 is 10.0 Å². The second kappa shape index (κ2) is 6.78. The molecule has 0 saturated carbocycles. The first-order chi connectivity index (χ1) is 11.5. The molecule has 128 valence electrons. The third-order valence-electron chi connectivity index (χ3n) is 3.98. The summed E-state index contributed by atoms with van der Waals surface area (Å²) in [6.07, 6.45) is 2.12. The maximum absolute atomic E-state index is 12.8. The number of hydrogen-bond donors (Lipinski definition) is 0. The van der Waals surface area contributed by atoms with Gasteiger partial charge in [-0.25, -0.2) is 8.42 Å². The fourth-order valence-electron chi connectivity index (χ4n) is 2.70. The Morgan fingerprint density at radius 2 is 2.00 bits per heavy atom. The van der Waals surface area contributed by atoms with Crippen molar-refractivity contribution in [2.24, 2.45) is 0 Å². The van der Waals surface area contributed by atoms with Gasteiger partial charge in [-0.2, -0.15) is 4.31 Å². The van der Waals surface area contributed by atoms with E-state index >= 15 is 0 Å². The molecule has 0 bridgehead atoms. The van der Waals surface area contributed by atoms with Gasteiger partial charge in [0, 0.05) is 12.2 Å². The molecule has 7 heteroatoms. The Hall–Kier alpha value is -2.12. The highest BCUT2D eigenvalue weighted by Crippen LogP contribution is 2.29. The van der Waals surface area contributed by atoms with Crippen molar-refractivity contribution in [3.05, 3.63) is 48.3 Å². The first kappa shape index (κ1) is 16.7. The van der Waals surface area contributed by atoms with Gasteiger partial charge in [0.25, 0.3) is 0 Å². The summed E-state index contributed by atoms with van der Waals surface area (Å²) >= 11 is 0. The molecule has 3 rings (SSSR count). The molecule has 1 aromatic carbocycles. The Kier molecular flexibility index (Phi) is 4.73. The van der Waals surface area contributed by atoms with Crippen LogP contribution in [-0.4, -0.2) is 44.0 Å². The zero-order chi connectivity index (χ0) is 17.2. The fourth-order valence-corrected chi connectivity index (χ4v) is 4.34. The quantitative estimate of drug-likeness (QED) is 0.829. The van der Waals surface area contributed by atoms with Crippen LogP contribution in [0.3, 0.4) is 0 Å². The summed E-state index contributed by atoms with van der Waals surface area (Å²) in [5.41, 5.74) is 0.911. The highest BCUT2D eigenvalue weighted by atomic mass is 32.2. The van der Waals surface area contributed by atoms with Crippen LogP contribution in [0.15, 0.2) is 47.5 Å². The molecule has 1 atom stereocenters. The Labute approximate surface area is 142 Å². The van der Waals surface area contributed by atoms with Gasteiger partial charge in [-0.05, 0) is 37.6 Å². The molecule has 6 nitrogen and oxygen atoms in total. The van der Waals surface area contributed by atoms with Gasteiger partial charge in [0.15, 0.2) is 0 Å².